The summed E-state index contributed by atoms with van der Waals surface area (Å²) in [5, 5.41) is 8.49. The van der Waals surface area contributed by atoms with Crippen LogP contribution >= 0.6 is 15.9 Å². The summed E-state index contributed by atoms with van der Waals surface area (Å²) in [6.07, 6.45) is -4.45. The van der Waals surface area contributed by atoms with Crippen LogP contribution in [-0.2, 0) is 6.18 Å². The number of anilines is 2. The maximum Gasteiger partial charge on any atom is 0.417 e. The van der Waals surface area contributed by atoms with Crippen LogP contribution < -0.4 is 10.9 Å². The van der Waals surface area contributed by atoms with Crippen LogP contribution in [0.25, 0.3) is 0 Å². The third-order valence-electron chi connectivity index (χ3n) is 2.22. The fourth-order valence-corrected chi connectivity index (χ4v) is 1.85. The first kappa shape index (κ1) is 13.6. The van der Waals surface area contributed by atoms with Crippen LogP contribution in [0.15, 0.2) is 39.6 Å². The van der Waals surface area contributed by atoms with E-state index in [1.165, 1.54) is 24.3 Å². The van der Waals surface area contributed by atoms with Crippen LogP contribution in [0, 0.1) is 0 Å². The average molecular weight is 334 g/mol. The molecule has 0 aliphatic carbocycles. The second-order valence-electron chi connectivity index (χ2n) is 3.62. The molecule has 100 valence electrons. The zero-order chi connectivity index (χ0) is 14.0. The van der Waals surface area contributed by atoms with Gasteiger partial charge in [-0.1, -0.05) is 15.9 Å². The van der Waals surface area contributed by atoms with Crippen molar-refractivity contribution in [2.45, 2.75) is 6.18 Å². The highest BCUT2D eigenvalue weighted by molar-refractivity contribution is 9.10. The Morgan fingerprint density at radius 1 is 1.21 bits per heavy atom. The fraction of sp³-hybridized carbons (Fsp3) is 0.0909. The van der Waals surface area contributed by atoms with Gasteiger partial charge in [0.25, 0.3) is 5.56 Å². The lowest BCUT2D eigenvalue weighted by molar-refractivity contribution is -0.138. The number of halogens is 4. The molecule has 1 heterocycles. The Hall–Kier alpha value is -1.83. The van der Waals surface area contributed by atoms with E-state index in [1.54, 1.807) is 0 Å². The van der Waals surface area contributed by atoms with E-state index in [0.29, 0.717) is 0 Å². The van der Waals surface area contributed by atoms with E-state index >= 15 is 0 Å². The van der Waals surface area contributed by atoms with E-state index in [2.05, 4.69) is 31.4 Å². The van der Waals surface area contributed by atoms with Gasteiger partial charge in [0.1, 0.15) is 0 Å². The molecule has 2 N–H and O–H groups in total. The summed E-state index contributed by atoms with van der Waals surface area (Å²) in [4.78, 5) is 10.8. The molecule has 0 bridgehead atoms. The quantitative estimate of drug-likeness (QED) is 0.886. The van der Waals surface area contributed by atoms with Crippen molar-refractivity contribution >= 4 is 27.4 Å². The minimum Gasteiger partial charge on any atom is -0.339 e. The number of aromatic amines is 1. The van der Waals surface area contributed by atoms with Gasteiger partial charge in [-0.2, -0.15) is 18.3 Å². The summed E-state index contributed by atoms with van der Waals surface area (Å²) in [7, 11) is 0. The van der Waals surface area contributed by atoms with Gasteiger partial charge in [0.2, 0.25) is 0 Å². The minimum absolute atomic E-state index is 0.0417. The first-order valence-electron chi connectivity index (χ1n) is 5.06. The third kappa shape index (κ3) is 3.34. The molecule has 0 saturated heterocycles. The van der Waals surface area contributed by atoms with Crippen molar-refractivity contribution < 1.29 is 13.2 Å². The molecule has 0 amide bonds. The number of hydrogen-bond donors (Lipinski definition) is 2. The lowest BCUT2D eigenvalue weighted by atomic mass is 10.2. The van der Waals surface area contributed by atoms with Crippen molar-refractivity contribution in [2.75, 3.05) is 5.32 Å². The normalized spacial score (nSPS) is 11.4. The van der Waals surface area contributed by atoms with Gasteiger partial charge in [-0.15, -0.1) is 0 Å². The SMILES string of the molecule is O=c1ccc(Nc2ccc(Br)c(C(F)(F)F)c2)n[nH]1. The highest BCUT2D eigenvalue weighted by atomic mass is 79.9. The van der Waals surface area contributed by atoms with E-state index in [1.807, 2.05) is 0 Å². The van der Waals surface area contributed by atoms with E-state index in [0.717, 1.165) is 6.07 Å². The van der Waals surface area contributed by atoms with Crippen molar-refractivity contribution in [3.8, 4) is 0 Å². The van der Waals surface area contributed by atoms with Gasteiger partial charge in [0.15, 0.2) is 5.82 Å². The molecule has 0 unspecified atom stereocenters. The topological polar surface area (TPSA) is 57.8 Å². The Kier molecular flexibility index (Phi) is 3.61. The number of nitrogens with one attached hydrogen (secondary N) is 2. The summed E-state index contributed by atoms with van der Waals surface area (Å²) >= 11 is 2.85. The molecule has 0 spiro atoms. The van der Waals surface area contributed by atoms with Gasteiger partial charge in [-0.25, -0.2) is 5.10 Å². The molecule has 0 atom stereocenters. The summed E-state index contributed by atoms with van der Waals surface area (Å²) < 4.78 is 38.1. The highest BCUT2D eigenvalue weighted by Gasteiger charge is 2.33. The number of H-pyrrole nitrogens is 1. The predicted octanol–water partition coefficient (Wildman–Crippen LogP) is 3.29. The number of rotatable bonds is 2. The minimum atomic E-state index is -4.45. The largest absolute Gasteiger partial charge is 0.417 e. The number of benzene rings is 1. The Bertz CT molecular complexity index is 634. The summed E-state index contributed by atoms with van der Waals surface area (Å²) in [5.74, 6) is 0.245. The first-order chi connectivity index (χ1) is 8.86. The van der Waals surface area contributed by atoms with Crippen molar-refractivity contribution in [1.29, 1.82) is 0 Å². The molecule has 4 nitrogen and oxygen atoms in total. The molecule has 1 aromatic carbocycles. The molecule has 0 saturated carbocycles. The molecular formula is C11H7BrF3N3O. The predicted molar refractivity (Wildman–Crippen MR) is 67.3 cm³/mol. The lowest BCUT2D eigenvalue weighted by Crippen LogP contribution is -2.09. The van der Waals surface area contributed by atoms with Crippen LogP contribution in [0.3, 0.4) is 0 Å². The van der Waals surface area contributed by atoms with Crippen LogP contribution in [0.2, 0.25) is 0 Å². The number of alkyl halides is 3. The van der Waals surface area contributed by atoms with Gasteiger partial charge in [0, 0.05) is 16.2 Å². The summed E-state index contributed by atoms with van der Waals surface area (Å²) in [5.41, 5.74) is -0.964. The zero-order valence-electron chi connectivity index (χ0n) is 9.25. The van der Waals surface area contributed by atoms with Gasteiger partial charge in [-0.3, -0.25) is 4.79 Å². The van der Waals surface area contributed by atoms with Crippen LogP contribution in [0.5, 0.6) is 0 Å². The molecule has 0 radical (unpaired) electrons. The molecule has 0 aliphatic rings. The van der Waals surface area contributed by atoms with E-state index in [-0.39, 0.29) is 16.0 Å². The Morgan fingerprint density at radius 3 is 2.53 bits per heavy atom. The summed E-state index contributed by atoms with van der Waals surface area (Å²) in [6, 6.07) is 6.30. The fourth-order valence-electron chi connectivity index (χ4n) is 1.38. The number of nitrogens with zero attached hydrogens (tertiary/aromatic N) is 1. The lowest BCUT2D eigenvalue weighted by Gasteiger charge is -2.11. The van der Waals surface area contributed by atoms with Crippen molar-refractivity contribution in [2.24, 2.45) is 0 Å². The maximum absolute atomic E-state index is 12.7. The van der Waals surface area contributed by atoms with Gasteiger partial charge in [0.05, 0.1) is 5.56 Å². The van der Waals surface area contributed by atoms with Crippen LogP contribution in [0.1, 0.15) is 5.56 Å². The Balaban J connectivity index is 2.31. The smallest absolute Gasteiger partial charge is 0.339 e. The molecule has 1 aromatic heterocycles. The van der Waals surface area contributed by atoms with E-state index < -0.39 is 17.3 Å². The van der Waals surface area contributed by atoms with Crippen LogP contribution in [-0.4, -0.2) is 10.2 Å². The average Bonchev–Trinajstić information content (AvgIpc) is 2.33. The monoisotopic (exact) mass is 333 g/mol. The third-order valence-corrected chi connectivity index (χ3v) is 2.91. The summed E-state index contributed by atoms with van der Waals surface area (Å²) in [6.45, 7) is 0. The Labute approximate surface area is 113 Å². The zero-order valence-corrected chi connectivity index (χ0v) is 10.8. The Morgan fingerprint density at radius 2 is 1.95 bits per heavy atom. The van der Waals surface area contributed by atoms with Gasteiger partial charge in [-0.05, 0) is 24.3 Å². The molecule has 19 heavy (non-hydrogen) atoms. The number of hydrogen-bond acceptors (Lipinski definition) is 3. The van der Waals surface area contributed by atoms with Gasteiger partial charge >= 0.3 is 6.18 Å². The molecule has 2 rings (SSSR count). The number of aromatic nitrogens is 2. The first-order valence-corrected chi connectivity index (χ1v) is 5.85. The van der Waals surface area contributed by atoms with E-state index in [4.69, 9.17) is 0 Å². The van der Waals surface area contributed by atoms with Crippen LogP contribution in [0.4, 0.5) is 24.7 Å². The van der Waals surface area contributed by atoms with Crippen molar-refractivity contribution in [3.63, 3.8) is 0 Å². The second kappa shape index (κ2) is 5.04. The molecule has 2 aromatic rings. The molecular weight excluding hydrogens is 327 g/mol. The highest BCUT2D eigenvalue weighted by Crippen LogP contribution is 2.36. The van der Waals surface area contributed by atoms with Crippen molar-refractivity contribution in [1.82, 2.24) is 10.2 Å². The maximum atomic E-state index is 12.7. The second-order valence-corrected chi connectivity index (χ2v) is 4.48. The standard InChI is InChI=1S/C11H7BrF3N3O/c12-8-2-1-6(5-7(8)11(13,14)15)16-9-3-4-10(19)18-17-9/h1-5H,(H,16,17)(H,18,19). The molecule has 0 aliphatic heterocycles. The molecule has 0 fully saturated rings. The van der Waals surface area contributed by atoms with Gasteiger partial charge < -0.3 is 5.32 Å². The van der Waals surface area contributed by atoms with Crippen molar-refractivity contribution in [3.05, 3.63) is 50.7 Å². The molecule has 8 heteroatoms. The van der Waals surface area contributed by atoms with E-state index in [9.17, 15) is 18.0 Å².